The zero-order valence-electron chi connectivity index (χ0n) is 22.7. The Hall–Kier alpha value is -4.77. The smallest absolute Gasteiger partial charge is 0.232 e. The Labute approximate surface area is 237 Å². The fourth-order valence-corrected chi connectivity index (χ4v) is 5.46. The molecule has 2 aromatic carbocycles. The summed E-state index contributed by atoms with van der Waals surface area (Å²) in [6, 6.07) is 18.4. The number of amides is 1. The van der Waals surface area contributed by atoms with Gasteiger partial charge in [0.1, 0.15) is 5.82 Å². The monoisotopic (exact) mass is 549 g/mol. The molecule has 0 radical (unpaired) electrons. The molecule has 2 saturated heterocycles. The van der Waals surface area contributed by atoms with E-state index in [9.17, 15) is 4.79 Å². The highest BCUT2D eigenvalue weighted by atomic mass is 16.5. The molecule has 0 aliphatic carbocycles. The average Bonchev–Trinajstić information content (AvgIpc) is 3.62. The molecule has 5 aromatic rings. The molecule has 2 N–H and O–H groups in total. The number of anilines is 5. The largest absolute Gasteiger partial charge is 0.378 e. The Kier molecular flexibility index (Phi) is 6.77. The third kappa shape index (κ3) is 5.23. The van der Waals surface area contributed by atoms with Crippen LogP contribution in [0.25, 0.3) is 21.9 Å². The Balaban J connectivity index is 1.22. The summed E-state index contributed by atoms with van der Waals surface area (Å²) in [5.74, 6) is 1.88. The van der Waals surface area contributed by atoms with Crippen molar-refractivity contribution < 1.29 is 9.53 Å². The van der Waals surface area contributed by atoms with E-state index in [1.54, 1.807) is 12.5 Å². The van der Waals surface area contributed by atoms with Gasteiger partial charge >= 0.3 is 0 Å². The van der Waals surface area contributed by atoms with Crippen molar-refractivity contribution in [2.45, 2.75) is 19.4 Å². The number of benzene rings is 2. The first-order chi connectivity index (χ1) is 20.2. The van der Waals surface area contributed by atoms with Crippen LogP contribution >= 0.6 is 0 Å². The van der Waals surface area contributed by atoms with Crippen molar-refractivity contribution in [1.82, 2.24) is 29.4 Å². The maximum atomic E-state index is 12.2. The summed E-state index contributed by atoms with van der Waals surface area (Å²) in [5.41, 5.74) is 3.40. The van der Waals surface area contributed by atoms with E-state index in [0.717, 1.165) is 61.4 Å². The molecule has 7 rings (SSSR count). The van der Waals surface area contributed by atoms with Gasteiger partial charge in [0.2, 0.25) is 11.9 Å². The average molecular weight is 550 g/mol. The molecular formula is C30H31N9O2. The van der Waals surface area contributed by atoms with Crippen molar-refractivity contribution in [2.24, 2.45) is 0 Å². The SMILES string of the molecule is O=C1CCCN1CCn1cnc2c(Nc3ccc(N4CCOCC4)cc3)nc(Nc3nccc4ccccc34)nc21. The van der Waals surface area contributed by atoms with Crippen LogP contribution in [0.1, 0.15) is 12.8 Å². The third-order valence-electron chi connectivity index (χ3n) is 7.66. The Morgan fingerprint density at radius 1 is 0.854 bits per heavy atom. The van der Waals surface area contributed by atoms with Gasteiger partial charge < -0.3 is 29.7 Å². The number of carbonyl (C=O) groups excluding carboxylic acids is 1. The van der Waals surface area contributed by atoms with Crippen molar-refractivity contribution in [1.29, 1.82) is 0 Å². The molecule has 2 aliphatic heterocycles. The number of nitrogens with one attached hydrogen (secondary N) is 2. The normalized spacial score (nSPS) is 15.7. The minimum Gasteiger partial charge on any atom is -0.378 e. The number of aromatic nitrogens is 5. The molecule has 0 spiro atoms. The number of hydrogen-bond acceptors (Lipinski definition) is 9. The number of carbonyl (C=O) groups is 1. The maximum Gasteiger partial charge on any atom is 0.232 e. The molecule has 0 bridgehead atoms. The van der Waals surface area contributed by atoms with Crippen molar-refractivity contribution in [3.8, 4) is 0 Å². The first kappa shape index (κ1) is 25.2. The summed E-state index contributed by atoms with van der Waals surface area (Å²) in [6.07, 6.45) is 5.08. The maximum absolute atomic E-state index is 12.2. The third-order valence-corrected chi connectivity index (χ3v) is 7.66. The van der Waals surface area contributed by atoms with Crippen LogP contribution in [0.5, 0.6) is 0 Å². The van der Waals surface area contributed by atoms with Crippen molar-refractivity contribution in [3.63, 3.8) is 0 Å². The second-order valence-electron chi connectivity index (χ2n) is 10.3. The lowest BCUT2D eigenvalue weighted by atomic mass is 10.1. The van der Waals surface area contributed by atoms with E-state index in [1.165, 1.54) is 0 Å². The summed E-state index contributed by atoms with van der Waals surface area (Å²) in [6.45, 7) is 5.28. The topological polar surface area (TPSA) is 113 Å². The van der Waals surface area contributed by atoms with Crippen molar-refractivity contribution in [2.75, 3.05) is 54.9 Å². The van der Waals surface area contributed by atoms with Gasteiger partial charge in [-0.3, -0.25) is 4.79 Å². The van der Waals surface area contributed by atoms with E-state index in [1.807, 2.05) is 45.9 Å². The van der Waals surface area contributed by atoms with Gasteiger partial charge in [-0.25, -0.2) is 9.97 Å². The molecule has 0 saturated carbocycles. The molecule has 3 aromatic heterocycles. The molecule has 11 nitrogen and oxygen atoms in total. The van der Waals surface area contributed by atoms with Crippen LogP contribution in [0.15, 0.2) is 67.1 Å². The van der Waals surface area contributed by atoms with Crippen molar-refractivity contribution >= 4 is 56.8 Å². The number of nitrogens with zero attached hydrogens (tertiary/aromatic N) is 7. The van der Waals surface area contributed by atoms with E-state index >= 15 is 0 Å². The number of rotatable bonds is 8. The number of imidazole rings is 1. The standard InChI is InChI=1S/C30H31N9O2/c40-25-6-3-13-38(25)14-15-39-20-32-26-28(33-22-7-9-23(10-8-22)37-16-18-41-19-17-37)35-30(36-29(26)39)34-27-24-5-2-1-4-21(24)11-12-31-27/h1-2,4-5,7-12,20H,3,6,13-19H2,(H2,31,33,34,35,36). The number of pyridine rings is 1. The second-order valence-corrected chi connectivity index (χ2v) is 10.3. The lowest BCUT2D eigenvalue weighted by molar-refractivity contribution is -0.127. The fraction of sp³-hybridized carbons (Fsp3) is 0.300. The highest BCUT2D eigenvalue weighted by Crippen LogP contribution is 2.29. The number of likely N-dealkylation sites (tertiary alicyclic amines) is 1. The Morgan fingerprint density at radius 3 is 2.54 bits per heavy atom. The van der Waals surface area contributed by atoms with Gasteiger partial charge in [0.15, 0.2) is 17.0 Å². The highest BCUT2D eigenvalue weighted by molar-refractivity contribution is 5.93. The number of fused-ring (bicyclic) bond motifs is 2. The van der Waals surface area contributed by atoms with Crippen molar-refractivity contribution in [3.05, 3.63) is 67.1 Å². The van der Waals surface area contributed by atoms with E-state index in [2.05, 4.69) is 43.7 Å². The van der Waals surface area contributed by atoms with Gasteiger partial charge in [-0.1, -0.05) is 24.3 Å². The van der Waals surface area contributed by atoms with E-state index in [4.69, 9.17) is 14.7 Å². The summed E-state index contributed by atoms with van der Waals surface area (Å²) in [5, 5.41) is 8.86. The molecule has 11 heteroatoms. The lowest BCUT2D eigenvalue weighted by Crippen LogP contribution is -2.36. The molecule has 0 atom stereocenters. The lowest BCUT2D eigenvalue weighted by Gasteiger charge is -2.28. The van der Waals surface area contributed by atoms with Crippen LogP contribution in [0, 0.1) is 0 Å². The van der Waals surface area contributed by atoms with Gasteiger partial charge in [0.05, 0.1) is 19.5 Å². The zero-order chi connectivity index (χ0) is 27.6. The number of ether oxygens (including phenoxy) is 1. The van der Waals surface area contributed by atoms with Gasteiger partial charge in [0, 0.05) is 62.1 Å². The predicted octanol–water partition coefficient (Wildman–Crippen LogP) is 4.32. The van der Waals surface area contributed by atoms with Crippen LogP contribution in [0.2, 0.25) is 0 Å². The first-order valence-electron chi connectivity index (χ1n) is 14.0. The molecular weight excluding hydrogens is 518 g/mol. The molecule has 1 amide bonds. The quantitative estimate of drug-likeness (QED) is 0.292. The molecule has 5 heterocycles. The van der Waals surface area contributed by atoms with E-state index in [0.29, 0.717) is 48.3 Å². The predicted molar refractivity (Wildman–Crippen MR) is 159 cm³/mol. The first-order valence-corrected chi connectivity index (χ1v) is 14.0. The molecule has 2 fully saturated rings. The van der Waals surface area contributed by atoms with E-state index < -0.39 is 0 Å². The van der Waals surface area contributed by atoms with Gasteiger partial charge in [-0.05, 0) is 42.1 Å². The number of hydrogen-bond donors (Lipinski definition) is 2. The highest BCUT2D eigenvalue weighted by Gasteiger charge is 2.21. The molecule has 0 unspecified atom stereocenters. The fourth-order valence-electron chi connectivity index (χ4n) is 5.46. The number of morpholine rings is 1. The molecule has 2 aliphatic rings. The Morgan fingerprint density at radius 2 is 1.71 bits per heavy atom. The molecule has 208 valence electrons. The molecule has 41 heavy (non-hydrogen) atoms. The minimum atomic E-state index is 0.205. The summed E-state index contributed by atoms with van der Waals surface area (Å²) in [4.78, 5) is 35.3. The van der Waals surface area contributed by atoms with Crippen LogP contribution in [-0.2, 0) is 16.1 Å². The zero-order valence-corrected chi connectivity index (χ0v) is 22.7. The van der Waals surface area contributed by atoms with Crippen LogP contribution in [0.3, 0.4) is 0 Å². The summed E-state index contributed by atoms with van der Waals surface area (Å²) in [7, 11) is 0. The Bertz CT molecular complexity index is 1690. The summed E-state index contributed by atoms with van der Waals surface area (Å²) < 4.78 is 7.47. The van der Waals surface area contributed by atoms with E-state index in [-0.39, 0.29) is 5.91 Å². The summed E-state index contributed by atoms with van der Waals surface area (Å²) >= 11 is 0. The van der Waals surface area contributed by atoms with Crippen LogP contribution < -0.4 is 15.5 Å². The minimum absolute atomic E-state index is 0.205. The van der Waals surface area contributed by atoms with Crippen LogP contribution in [0.4, 0.5) is 29.0 Å². The van der Waals surface area contributed by atoms with Gasteiger partial charge in [-0.2, -0.15) is 9.97 Å². The second kappa shape index (κ2) is 11.0. The van der Waals surface area contributed by atoms with Gasteiger partial charge in [-0.15, -0.1) is 0 Å². The van der Waals surface area contributed by atoms with Gasteiger partial charge in [0.25, 0.3) is 0 Å². The van der Waals surface area contributed by atoms with Crippen LogP contribution in [-0.4, -0.2) is 74.7 Å².